The molecule has 0 bridgehead atoms. The van der Waals surface area contributed by atoms with Crippen LogP contribution in [0.3, 0.4) is 0 Å². The first kappa shape index (κ1) is 40.1. The van der Waals surface area contributed by atoms with Crippen molar-refractivity contribution in [2.45, 2.75) is 76.7 Å². The number of methoxy groups -OCH3 is 2. The third kappa shape index (κ3) is 8.63. The standard InChI is InChI=1S/C44H50N3O7P/c1-31(2)47(32(3)4)55(52-26-12-25-45)54-41-27-43(46-28-33(29-48)39-15-10-11-16-40(39)46)53-42(41)30-51-44(34-13-8-7-9-14-34,35-17-21-37(49-5)22-18-35)36-19-23-38(50-6)24-20-36/h7-11,13-24,28-29,31-32,41-43H,12,26-27,30H2,1-6H3/t41-,42+,43+,55?/m0/s1. The maximum absolute atomic E-state index is 12.2. The molecule has 1 unspecified atom stereocenters. The van der Waals surface area contributed by atoms with Crippen molar-refractivity contribution in [3.63, 3.8) is 0 Å². The van der Waals surface area contributed by atoms with E-state index < -0.39 is 32.6 Å². The lowest BCUT2D eigenvalue weighted by atomic mass is 9.80. The molecular formula is C44H50N3O7P. The van der Waals surface area contributed by atoms with E-state index in [1.54, 1.807) is 14.2 Å². The van der Waals surface area contributed by atoms with Gasteiger partial charge in [0.05, 0.1) is 51.5 Å². The van der Waals surface area contributed by atoms with Crippen LogP contribution in [0.5, 0.6) is 11.5 Å². The number of aldehydes is 1. The molecule has 10 nitrogen and oxygen atoms in total. The molecule has 1 aliphatic heterocycles. The average molecular weight is 764 g/mol. The van der Waals surface area contributed by atoms with Crippen LogP contribution in [0, 0.1) is 11.3 Å². The Kier molecular flexibility index (Phi) is 13.4. The van der Waals surface area contributed by atoms with E-state index in [4.69, 9.17) is 28.0 Å². The fourth-order valence-corrected chi connectivity index (χ4v) is 9.15. The number of nitriles is 1. The molecule has 0 N–H and O–H groups in total. The van der Waals surface area contributed by atoms with Gasteiger partial charge in [0.2, 0.25) is 0 Å². The molecule has 11 heteroatoms. The molecule has 4 aromatic carbocycles. The summed E-state index contributed by atoms with van der Waals surface area (Å²) in [5.74, 6) is 1.46. The van der Waals surface area contributed by atoms with Crippen molar-refractivity contribution in [1.29, 1.82) is 5.26 Å². The Balaban J connectivity index is 1.44. The number of ether oxygens (including phenoxy) is 4. The molecule has 2 heterocycles. The van der Waals surface area contributed by atoms with E-state index >= 15 is 0 Å². The normalized spacial score (nSPS) is 17.9. The van der Waals surface area contributed by atoms with Crippen LogP contribution in [-0.2, 0) is 24.1 Å². The Morgan fingerprint density at radius 2 is 1.45 bits per heavy atom. The summed E-state index contributed by atoms with van der Waals surface area (Å²) >= 11 is 0. The maximum atomic E-state index is 12.2. The topological polar surface area (TPSA) is 104 Å². The number of carbonyl (C=O) groups excluding carboxylic acids is 1. The number of aromatic nitrogens is 1. The first-order valence-electron chi connectivity index (χ1n) is 18.7. The third-order valence-electron chi connectivity index (χ3n) is 9.91. The van der Waals surface area contributed by atoms with Gasteiger partial charge in [-0.1, -0.05) is 72.8 Å². The summed E-state index contributed by atoms with van der Waals surface area (Å²) in [6, 6.07) is 36.3. The van der Waals surface area contributed by atoms with Crippen molar-refractivity contribution < 1.29 is 32.8 Å². The first-order valence-corrected chi connectivity index (χ1v) is 19.8. The monoisotopic (exact) mass is 763 g/mol. The number of rotatable bonds is 18. The molecule has 1 saturated heterocycles. The lowest BCUT2D eigenvalue weighted by molar-refractivity contribution is -0.0910. The maximum Gasteiger partial charge on any atom is 0.259 e. The van der Waals surface area contributed by atoms with Gasteiger partial charge in [-0.05, 0) is 74.7 Å². The first-order chi connectivity index (χ1) is 26.7. The largest absolute Gasteiger partial charge is 0.497 e. The molecule has 4 atom stereocenters. The van der Waals surface area contributed by atoms with Crippen molar-refractivity contribution in [3.05, 3.63) is 132 Å². The van der Waals surface area contributed by atoms with Crippen LogP contribution in [0.4, 0.5) is 0 Å². The highest BCUT2D eigenvalue weighted by molar-refractivity contribution is 7.44. The summed E-state index contributed by atoms with van der Waals surface area (Å²) in [6.45, 7) is 8.85. The van der Waals surface area contributed by atoms with E-state index in [9.17, 15) is 10.1 Å². The van der Waals surface area contributed by atoms with Crippen molar-refractivity contribution in [3.8, 4) is 17.6 Å². The van der Waals surface area contributed by atoms with Crippen LogP contribution in [0.1, 0.15) is 73.8 Å². The SMILES string of the molecule is COc1ccc(C(OC[C@H]2O[C@@H](n3cc(C=O)c4ccccc43)C[C@@H]2OP(OCCC#N)N(C(C)C)C(C)C)(c2ccccc2)c2ccc(OC)cc2)cc1. The number of fused-ring (bicyclic) bond motifs is 1. The lowest BCUT2D eigenvalue weighted by Gasteiger charge is -2.39. The molecule has 288 valence electrons. The summed E-state index contributed by atoms with van der Waals surface area (Å²) in [5, 5.41) is 10.2. The van der Waals surface area contributed by atoms with Crippen LogP contribution in [0.25, 0.3) is 10.9 Å². The van der Waals surface area contributed by atoms with Gasteiger partial charge in [-0.25, -0.2) is 4.67 Å². The predicted molar refractivity (Wildman–Crippen MR) is 214 cm³/mol. The van der Waals surface area contributed by atoms with Gasteiger partial charge in [-0.15, -0.1) is 0 Å². The Morgan fingerprint density at radius 1 is 0.873 bits per heavy atom. The summed E-state index contributed by atoms with van der Waals surface area (Å²) in [6.07, 6.45) is 1.95. The highest BCUT2D eigenvalue weighted by atomic mass is 31.2. The Hall–Kier alpha value is -4.59. The van der Waals surface area contributed by atoms with Crippen molar-refractivity contribution in [2.75, 3.05) is 27.4 Å². The third-order valence-corrected chi connectivity index (χ3v) is 12.1. The average Bonchev–Trinajstić information content (AvgIpc) is 3.79. The summed E-state index contributed by atoms with van der Waals surface area (Å²) < 4.78 is 43.1. The summed E-state index contributed by atoms with van der Waals surface area (Å²) in [7, 11) is 1.70. The van der Waals surface area contributed by atoms with Gasteiger partial charge in [0, 0.05) is 35.7 Å². The van der Waals surface area contributed by atoms with Gasteiger partial charge in [0.15, 0.2) is 6.29 Å². The minimum absolute atomic E-state index is 0.112. The summed E-state index contributed by atoms with van der Waals surface area (Å²) in [4.78, 5) is 12.2. The minimum atomic E-state index is -1.60. The van der Waals surface area contributed by atoms with E-state index in [0.717, 1.165) is 45.4 Å². The van der Waals surface area contributed by atoms with E-state index in [0.29, 0.717) is 12.0 Å². The Labute approximate surface area is 325 Å². The zero-order chi connectivity index (χ0) is 39.0. The number of hydrogen-bond acceptors (Lipinski definition) is 9. The van der Waals surface area contributed by atoms with Gasteiger partial charge in [-0.2, -0.15) is 5.26 Å². The predicted octanol–water partition coefficient (Wildman–Crippen LogP) is 9.43. The van der Waals surface area contributed by atoms with Crippen LogP contribution in [0.2, 0.25) is 0 Å². The number of nitrogens with zero attached hydrogens (tertiary/aromatic N) is 3. The second-order valence-electron chi connectivity index (χ2n) is 14.0. The number of para-hydroxylation sites is 1. The molecule has 6 rings (SSSR count). The molecule has 0 saturated carbocycles. The highest BCUT2D eigenvalue weighted by Gasteiger charge is 2.45. The van der Waals surface area contributed by atoms with Crippen LogP contribution in [-0.4, -0.2) is 67.2 Å². The second-order valence-corrected chi connectivity index (χ2v) is 15.4. The highest BCUT2D eigenvalue weighted by Crippen LogP contribution is 2.51. The van der Waals surface area contributed by atoms with Gasteiger partial charge >= 0.3 is 0 Å². The molecule has 0 amide bonds. The smallest absolute Gasteiger partial charge is 0.259 e. The summed E-state index contributed by atoms with van der Waals surface area (Å²) in [5.41, 5.74) is 3.13. The molecule has 0 spiro atoms. The van der Waals surface area contributed by atoms with Gasteiger partial charge in [0.1, 0.15) is 29.4 Å². The zero-order valence-electron chi connectivity index (χ0n) is 32.3. The van der Waals surface area contributed by atoms with Crippen LogP contribution in [0.15, 0.2) is 109 Å². The van der Waals surface area contributed by atoms with E-state index in [1.807, 2.05) is 102 Å². The Bertz CT molecular complexity index is 1970. The fraction of sp³-hybridized carbons (Fsp3) is 0.364. The van der Waals surface area contributed by atoms with E-state index in [-0.39, 0.29) is 31.7 Å². The van der Waals surface area contributed by atoms with Crippen molar-refractivity contribution >= 4 is 25.7 Å². The molecule has 1 fully saturated rings. The van der Waals surface area contributed by atoms with Gasteiger partial charge in [-0.3, -0.25) is 4.79 Å². The molecular weight excluding hydrogens is 713 g/mol. The van der Waals surface area contributed by atoms with Crippen LogP contribution >= 0.6 is 8.53 Å². The Morgan fingerprint density at radius 3 is 2.02 bits per heavy atom. The second kappa shape index (κ2) is 18.4. The molecule has 1 aromatic heterocycles. The molecule has 1 aliphatic rings. The molecule has 0 radical (unpaired) electrons. The molecule has 0 aliphatic carbocycles. The lowest BCUT2D eigenvalue weighted by Crippen LogP contribution is -2.39. The van der Waals surface area contributed by atoms with Crippen LogP contribution < -0.4 is 9.47 Å². The van der Waals surface area contributed by atoms with Gasteiger partial charge < -0.3 is 32.6 Å². The van der Waals surface area contributed by atoms with Gasteiger partial charge in [0.25, 0.3) is 8.53 Å². The van der Waals surface area contributed by atoms with E-state index in [2.05, 4.69) is 50.6 Å². The zero-order valence-corrected chi connectivity index (χ0v) is 33.2. The number of hydrogen-bond donors (Lipinski definition) is 0. The quantitative estimate of drug-likeness (QED) is 0.0374. The van der Waals surface area contributed by atoms with E-state index in [1.165, 1.54) is 0 Å². The minimum Gasteiger partial charge on any atom is -0.497 e. The number of carbonyl (C=O) groups is 1. The number of benzene rings is 4. The fourth-order valence-electron chi connectivity index (χ4n) is 7.39. The van der Waals surface area contributed by atoms with Crippen molar-refractivity contribution in [1.82, 2.24) is 9.24 Å². The molecule has 55 heavy (non-hydrogen) atoms. The van der Waals surface area contributed by atoms with Crippen molar-refractivity contribution in [2.24, 2.45) is 0 Å². The molecule has 5 aromatic rings.